The number of amides is 2. The molecule has 2 aliphatic heterocycles. The van der Waals surface area contributed by atoms with Crippen LogP contribution >= 0.6 is 0 Å². The van der Waals surface area contributed by atoms with Gasteiger partial charge in [0, 0.05) is 51.1 Å². The molecule has 0 radical (unpaired) electrons. The fraction of sp³-hybridized carbons (Fsp3) is 0.545. The number of rotatable bonds is 4. The van der Waals surface area contributed by atoms with E-state index >= 15 is 0 Å². The average molecular weight is 666 g/mol. The molecule has 1 N–H and O–H groups in total. The summed E-state index contributed by atoms with van der Waals surface area (Å²) in [6.45, 7) is 9.42. The molecular weight excluding hydrogens is 622 g/mol. The molecule has 2 aromatic heterocycles. The lowest BCUT2D eigenvalue weighted by atomic mass is 9.71. The molecule has 4 heterocycles. The minimum Gasteiger partial charge on any atom is -0.444 e. The molecular formula is C33H43N7O6S. The van der Waals surface area contributed by atoms with Crippen molar-refractivity contribution in [2.24, 2.45) is 0 Å². The Hall–Kier alpha value is -4.04. The highest BCUT2D eigenvalue weighted by Gasteiger charge is 2.45. The van der Waals surface area contributed by atoms with Crippen LogP contribution in [0.1, 0.15) is 91.4 Å². The van der Waals surface area contributed by atoms with E-state index in [1.54, 1.807) is 20.2 Å². The summed E-state index contributed by atoms with van der Waals surface area (Å²) in [5, 5.41) is 7.17. The maximum absolute atomic E-state index is 12.9. The van der Waals surface area contributed by atoms with Crippen molar-refractivity contribution in [3.05, 3.63) is 58.0 Å². The van der Waals surface area contributed by atoms with E-state index in [0.29, 0.717) is 55.4 Å². The molecule has 1 spiro atoms. The van der Waals surface area contributed by atoms with Crippen molar-refractivity contribution < 1.29 is 27.5 Å². The predicted molar refractivity (Wildman–Crippen MR) is 175 cm³/mol. The number of aromatic nitrogens is 4. The van der Waals surface area contributed by atoms with Crippen molar-refractivity contribution in [2.45, 2.75) is 95.4 Å². The van der Waals surface area contributed by atoms with Gasteiger partial charge in [0.2, 0.25) is 15.0 Å². The quantitative estimate of drug-likeness (QED) is 0.398. The van der Waals surface area contributed by atoms with Gasteiger partial charge >= 0.3 is 6.09 Å². The van der Waals surface area contributed by atoms with Crippen molar-refractivity contribution in [1.29, 1.82) is 0 Å². The molecule has 0 unspecified atom stereocenters. The van der Waals surface area contributed by atoms with E-state index in [4.69, 9.17) is 9.47 Å². The number of benzene rings is 1. The maximum Gasteiger partial charge on any atom is 0.412 e. The summed E-state index contributed by atoms with van der Waals surface area (Å²) in [5.74, 6) is 0.612. The molecule has 0 saturated heterocycles. The normalized spacial score (nSPS) is 20.9. The predicted octanol–water partition coefficient (Wildman–Crippen LogP) is 4.40. The number of nitrogens with one attached hydrogen (secondary N) is 1. The Morgan fingerprint density at radius 3 is 2.62 bits per heavy atom. The Kier molecular flexibility index (Phi) is 8.32. The van der Waals surface area contributed by atoms with E-state index in [-0.39, 0.29) is 23.6 Å². The van der Waals surface area contributed by atoms with E-state index in [2.05, 4.69) is 27.3 Å². The van der Waals surface area contributed by atoms with Crippen LogP contribution in [0.4, 0.5) is 16.3 Å². The number of hydrogen-bond acceptors (Lipinski definition) is 10. The first-order valence-electron chi connectivity index (χ1n) is 15.9. The van der Waals surface area contributed by atoms with Crippen LogP contribution in [0.2, 0.25) is 0 Å². The van der Waals surface area contributed by atoms with E-state index in [1.807, 2.05) is 48.6 Å². The van der Waals surface area contributed by atoms with Gasteiger partial charge in [0.05, 0.1) is 30.1 Å². The fourth-order valence-electron chi connectivity index (χ4n) is 6.68. The zero-order valence-electron chi connectivity index (χ0n) is 28.1. The maximum atomic E-state index is 12.9. The first kappa shape index (κ1) is 32.9. The van der Waals surface area contributed by atoms with Gasteiger partial charge < -0.3 is 19.3 Å². The van der Waals surface area contributed by atoms with Gasteiger partial charge in [-0.05, 0) is 75.3 Å². The number of hydrogen-bond donors (Lipinski definition) is 1. The van der Waals surface area contributed by atoms with Gasteiger partial charge in [0.1, 0.15) is 11.4 Å². The summed E-state index contributed by atoms with van der Waals surface area (Å²) < 4.78 is 40.0. The molecule has 14 heteroatoms. The number of carbonyl (C=O) groups excluding carboxylic acids is 2. The van der Waals surface area contributed by atoms with E-state index in [0.717, 1.165) is 41.5 Å². The number of nitrogens with zero attached hydrogens (tertiary/aromatic N) is 6. The topological polar surface area (TPSA) is 149 Å². The molecule has 6 rings (SSSR count). The van der Waals surface area contributed by atoms with Crippen LogP contribution in [0.25, 0.3) is 0 Å². The minimum atomic E-state index is -3.75. The molecule has 2 atom stereocenters. The number of sulfone groups is 1. The van der Waals surface area contributed by atoms with Crippen LogP contribution < -0.4 is 10.2 Å². The zero-order chi connectivity index (χ0) is 33.9. The molecule has 47 heavy (non-hydrogen) atoms. The second-order valence-electron chi connectivity index (χ2n) is 14.1. The SMILES string of the molecule is C[C@H]1CC[C@@]2(Cc3nc(S(C)(=O)=O)nc(N4CCCn5nc(C(=O)N(C)C)cc5C4)c3CO2)c2cc(NC(=O)OC(C)(C)C)ccc21. The highest BCUT2D eigenvalue weighted by Crippen LogP contribution is 2.49. The molecule has 0 saturated carbocycles. The van der Waals surface area contributed by atoms with E-state index < -0.39 is 27.1 Å². The summed E-state index contributed by atoms with van der Waals surface area (Å²) >= 11 is 0. The third kappa shape index (κ3) is 6.57. The third-order valence-corrected chi connectivity index (χ3v) is 9.81. The number of ether oxygens (including phenoxy) is 2. The van der Waals surface area contributed by atoms with Gasteiger partial charge in [-0.25, -0.2) is 23.2 Å². The fourth-order valence-corrected chi connectivity index (χ4v) is 7.21. The van der Waals surface area contributed by atoms with Crippen LogP contribution in [-0.4, -0.2) is 77.6 Å². The second-order valence-corrected chi connectivity index (χ2v) is 16.0. The largest absolute Gasteiger partial charge is 0.444 e. The third-order valence-electron chi connectivity index (χ3n) is 8.97. The smallest absolute Gasteiger partial charge is 0.412 e. The molecule has 13 nitrogen and oxygen atoms in total. The van der Waals surface area contributed by atoms with Gasteiger partial charge in [-0.1, -0.05) is 13.0 Å². The van der Waals surface area contributed by atoms with Crippen molar-refractivity contribution in [2.75, 3.05) is 37.1 Å². The first-order valence-corrected chi connectivity index (χ1v) is 17.8. The Bertz CT molecular complexity index is 1850. The molecule has 3 aromatic rings. The lowest BCUT2D eigenvalue weighted by molar-refractivity contribution is -0.0872. The average Bonchev–Trinajstić information content (AvgIpc) is 3.27. The Morgan fingerprint density at radius 1 is 1.15 bits per heavy atom. The highest BCUT2D eigenvalue weighted by atomic mass is 32.2. The standard InChI is InChI=1S/C33H43N7O6S/c1-20-11-12-33(25-15-21(9-10-23(20)25)34-31(42)46-32(2,3)4)17-27-24(19-45-33)28(36-30(35-27)47(7,43)44)39-13-8-14-40-22(18-39)16-26(37-40)29(41)38(5)6/h9-10,15-16,20H,8,11-14,17-19H2,1-7H3,(H,34,42)/t20-,33+/m0/s1. The van der Waals surface area contributed by atoms with Crippen LogP contribution in [0.15, 0.2) is 29.4 Å². The molecule has 1 aromatic carbocycles. The van der Waals surface area contributed by atoms with Gasteiger partial charge in [-0.2, -0.15) is 5.10 Å². The van der Waals surface area contributed by atoms with Crippen molar-refractivity contribution in [1.82, 2.24) is 24.6 Å². The van der Waals surface area contributed by atoms with E-state index in [9.17, 15) is 18.0 Å². The van der Waals surface area contributed by atoms with Crippen molar-refractivity contribution in [3.8, 4) is 0 Å². The van der Waals surface area contributed by atoms with Gasteiger partial charge in [-0.3, -0.25) is 14.8 Å². The highest BCUT2D eigenvalue weighted by molar-refractivity contribution is 7.90. The van der Waals surface area contributed by atoms with Gasteiger partial charge in [-0.15, -0.1) is 0 Å². The number of aryl methyl sites for hydroxylation is 1. The molecule has 3 aliphatic rings. The van der Waals surface area contributed by atoms with Crippen LogP contribution in [0.5, 0.6) is 0 Å². The molecule has 0 bridgehead atoms. The summed E-state index contributed by atoms with van der Waals surface area (Å²) in [6, 6.07) is 7.64. The summed E-state index contributed by atoms with van der Waals surface area (Å²) in [7, 11) is -0.369. The molecule has 1 aliphatic carbocycles. The Morgan fingerprint density at radius 2 is 1.91 bits per heavy atom. The van der Waals surface area contributed by atoms with Crippen LogP contribution in [0.3, 0.4) is 0 Å². The van der Waals surface area contributed by atoms with Crippen molar-refractivity contribution in [3.63, 3.8) is 0 Å². The van der Waals surface area contributed by atoms with E-state index in [1.165, 1.54) is 4.90 Å². The summed E-state index contributed by atoms with van der Waals surface area (Å²) in [5.41, 5.74) is 3.85. The number of carbonyl (C=O) groups is 2. The first-order chi connectivity index (χ1) is 22.0. The lowest BCUT2D eigenvalue weighted by Gasteiger charge is -2.44. The van der Waals surface area contributed by atoms with Gasteiger partial charge in [0.15, 0.2) is 5.69 Å². The number of anilines is 2. The molecule has 2 amide bonds. The Balaban J connectivity index is 1.38. The molecule has 252 valence electrons. The van der Waals surface area contributed by atoms with Gasteiger partial charge in [0.25, 0.3) is 5.91 Å². The van der Waals surface area contributed by atoms with Crippen LogP contribution in [-0.2, 0) is 51.0 Å². The molecule has 0 fully saturated rings. The minimum absolute atomic E-state index is 0.180. The number of fused-ring (bicyclic) bond motifs is 4. The second kappa shape index (κ2) is 11.9. The van der Waals surface area contributed by atoms with Crippen molar-refractivity contribution >= 4 is 33.3 Å². The summed E-state index contributed by atoms with van der Waals surface area (Å²) in [6.07, 6.45) is 3.23. The Labute approximate surface area is 275 Å². The summed E-state index contributed by atoms with van der Waals surface area (Å²) in [4.78, 5) is 38.0. The zero-order valence-corrected chi connectivity index (χ0v) is 28.9. The monoisotopic (exact) mass is 665 g/mol. The van der Waals surface area contributed by atoms with Crippen LogP contribution in [0, 0.1) is 0 Å². The lowest BCUT2D eigenvalue weighted by Crippen LogP contribution is -2.41.